The Morgan fingerprint density at radius 1 is 0.778 bits per heavy atom. The van der Waals surface area contributed by atoms with Gasteiger partial charge in [0.2, 0.25) is 4.33 Å². The van der Waals surface area contributed by atoms with Gasteiger partial charge >= 0.3 is 0 Å². The van der Waals surface area contributed by atoms with Crippen LogP contribution in [0.5, 0.6) is 11.5 Å². The van der Waals surface area contributed by atoms with E-state index < -0.39 is 4.33 Å². The molecule has 0 aromatic heterocycles. The van der Waals surface area contributed by atoms with E-state index >= 15 is 0 Å². The Kier molecular flexibility index (Phi) is 7.93. The van der Waals surface area contributed by atoms with Gasteiger partial charge in [0.1, 0.15) is 33.2 Å². The minimum absolute atomic E-state index is 0.249. The van der Waals surface area contributed by atoms with E-state index in [1.165, 1.54) is 26.4 Å². The lowest BCUT2D eigenvalue weighted by molar-refractivity contribution is 0.416. The van der Waals surface area contributed by atoms with E-state index in [9.17, 15) is 0 Å². The van der Waals surface area contributed by atoms with Crippen LogP contribution in [0.2, 0.25) is 10.0 Å². The van der Waals surface area contributed by atoms with Crippen molar-refractivity contribution in [2.24, 2.45) is 9.98 Å². The van der Waals surface area contributed by atoms with Crippen LogP contribution in [0.3, 0.4) is 0 Å². The van der Waals surface area contributed by atoms with Crippen molar-refractivity contribution >= 4 is 91.3 Å². The van der Waals surface area contributed by atoms with Gasteiger partial charge in [-0.25, -0.2) is 9.98 Å². The molecule has 0 amide bonds. The Morgan fingerprint density at radius 3 is 1.48 bits per heavy atom. The summed E-state index contributed by atoms with van der Waals surface area (Å²) in [7, 11) is 2.95. The van der Waals surface area contributed by atoms with Crippen molar-refractivity contribution in [3.8, 4) is 11.5 Å². The predicted octanol–water partition coefficient (Wildman–Crippen LogP) is 7.42. The second-order valence-electron chi connectivity index (χ2n) is 5.01. The van der Waals surface area contributed by atoms with E-state index in [-0.39, 0.29) is 10.3 Å². The average molecular weight is 489 g/mol. The van der Waals surface area contributed by atoms with Gasteiger partial charge in [-0.2, -0.15) is 0 Å². The molecule has 144 valence electrons. The van der Waals surface area contributed by atoms with Gasteiger partial charge in [-0.05, 0) is 36.4 Å². The number of hydrogen-bond donors (Lipinski definition) is 0. The van der Waals surface area contributed by atoms with E-state index in [1.54, 1.807) is 24.3 Å². The Morgan fingerprint density at radius 2 is 1.15 bits per heavy atom. The molecular weight excluding hydrogens is 477 g/mol. The molecule has 27 heavy (non-hydrogen) atoms. The maximum Gasteiger partial charge on any atom is 0.222 e. The topological polar surface area (TPSA) is 43.2 Å². The van der Waals surface area contributed by atoms with E-state index in [2.05, 4.69) is 9.98 Å². The number of aliphatic imine (C=N–C) groups is 2. The van der Waals surface area contributed by atoms with Crippen LogP contribution in [0.1, 0.15) is 0 Å². The van der Waals surface area contributed by atoms with Gasteiger partial charge in [0.15, 0.2) is 0 Å². The first-order valence-corrected chi connectivity index (χ1v) is 9.50. The monoisotopic (exact) mass is 486 g/mol. The number of alkyl halides is 2. The first-order valence-electron chi connectivity index (χ1n) is 7.23. The third-order valence-electron chi connectivity index (χ3n) is 3.24. The molecular formula is C17H12Cl6N2O2. The van der Waals surface area contributed by atoms with Crippen molar-refractivity contribution in [3.05, 3.63) is 46.4 Å². The van der Waals surface area contributed by atoms with Crippen LogP contribution in [-0.2, 0) is 0 Å². The van der Waals surface area contributed by atoms with Gasteiger partial charge in [0.05, 0.1) is 14.2 Å². The minimum atomic E-state index is -1.93. The van der Waals surface area contributed by atoms with Crippen molar-refractivity contribution in [2.75, 3.05) is 14.2 Å². The Balaban J connectivity index is 2.45. The summed E-state index contributed by atoms with van der Waals surface area (Å²) in [5.74, 6) is 0.845. The SMILES string of the molecule is COc1ccc(Cl)cc1/N=C(\Cl)C(Cl)(Cl)/C(Cl)=N\c1cc(Cl)ccc1OC. The molecule has 0 heterocycles. The van der Waals surface area contributed by atoms with Crippen LogP contribution in [0.4, 0.5) is 11.4 Å². The summed E-state index contributed by atoms with van der Waals surface area (Å²) in [5.41, 5.74) is 0.649. The molecule has 2 rings (SSSR count). The fourth-order valence-corrected chi connectivity index (χ4v) is 2.85. The Labute approximate surface area is 186 Å². The van der Waals surface area contributed by atoms with Crippen LogP contribution in [0.25, 0.3) is 0 Å². The van der Waals surface area contributed by atoms with Crippen molar-refractivity contribution in [1.29, 1.82) is 0 Å². The zero-order valence-corrected chi connectivity index (χ0v) is 18.5. The largest absolute Gasteiger partial charge is 0.494 e. The van der Waals surface area contributed by atoms with Crippen molar-refractivity contribution in [1.82, 2.24) is 0 Å². The molecule has 0 fully saturated rings. The first kappa shape index (κ1) is 22.4. The van der Waals surface area contributed by atoms with E-state index in [0.717, 1.165) is 0 Å². The van der Waals surface area contributed by atoms with E-state index in [0.29, 0.717) is 32.9 Å². The maximum absolute atomic E-state index is 6.30. The second kappa shape index (κ2) is 9.55. The van der Waals surface area contributed by atoms with Crippen LogP contribution in [0.15, 0.2) is 46.4 Å². The number of nitrogens with zero attached hydrogens (tertiary/aromatic N) is 2. The number of rotatable bonds is 6. The third-order valence-corrected chi connectivity index (χ3v) is 5.55. The lowest BCUT2D eigenvalue weighted by Crippen LogP contribution is -2.28. The summed E-state index contributed by atoms with van der Waals surface area (Å²) in [6.07, 6.45) is 0. The molecule has 0 atom stereocenters. The molecule has 0 saturated carbocycles. The van der Waals surface area contributed by atoms with Gasteiger partial charge in [0, 0.05) is 10.0 Å². The minimum Gasteiger partial charge on any atom is -0.494 e. The van der Waals surface area contributed by atoms with Gasteiger partial charge in [-0.15, -0.1) is 0 Å². The van der Waals surface area contributed by atoms with Gasteiger partial charge in [-0.1, -0.05) is 69.6 Å². The van der Waals surface area contributed by atoms with E-state index in [1.807, 2.05) is 0 Å². The zero-order valence-electron chi connectivity index (χ0n) is 13.9. The molecule has 2 aromatic rings. The van der Waals surface area contributed by atoms with Gasteiger partial charge in [-0.3, -0.25) is 0 Å². The number of hydrogen-bond acceptors (Lipinski definition) is 4. The lowest BCUT2D eigenvalue weighted by atomic mass is 10.3. The first-order chi connectivity index (χ1) is 12.7. The Bertz CT molecular complexity index is 827. The molecule has 10 heteroatoms. The zero-order chi connectivity index (χ0) is 20.2. The molecule has 0 bridgehead atoms. The van der Waals surface area contributed by atoms with Gasteiger partial charge in [0.25, 0.3) is 0 Å². The molecule has 0 aliphatic heterocycles. The predicted molar refractivity (Wildman–Crippen MR) is 116 cm³/mol. The summed E-state index contributed by atoms with van der Waals surface area (Å²) < 4.78 is 8.49. The molecule has 0 aliphatic carbocycles. The molecule has 0 aliphatic rings. The maximum atomic E-state index is 6.30. The Hall–Kier alpha value is -0.880. The van der Waals surface area contributed by atoms with E-state index in [4.69, 9.17) is 79.1 Å². The quantitative estimate of drug-likeness (QED) is 0.313. The summed E-state index contributed by atoms with van der Waals surface area (Å²) in [6.45, 7) is 0. The molecule has 0 N–H and O–H groups in total. The fourth-order valence-electron chi connectivity index (χ4n) is 1.94. The third kappa shape index (κ3) is 5.57. The smallest absolute Gasteiger partial charge is 0.222 e. The highest BCUT2D eigenvalue weighted by atomic mass is 35.5. The summed E-state index contributed by atoms with van der Waals surface area (Å²) >= 11 is 37.0. The summed E-state index contributed by atoms with van der Waals surface area (Å²) in [5, 5.41) is 0.358. The van der Waals surface area contributed by atoms with Crippen LogP contribution < -0.4 is 9.47 Å². The lowest BCUT2D eigenvalue weighted by Gasteiger charge is -2.17. The second-order valence-corrected chi connectivity index (χ2v) is 7.93. The van der Waals surface area contributed by atoms with Crippen LogP contribution in [0, 0.1) is 0 Å². The standard InChI is InChI=1S/C17H12Cl6N2O2/c1-26-13-5-3-9(18)7-11(13)24-15(20)17(22,23)16(21)25-12-8-10(19)4-6-14(12)27-2/h3-8H,1-2H3/b24-15-,25-16+. The molecule has 4 nitrogen and oxygen atoms in total. The normalized spacial score (nSPS) is 12.9. The number of halogens is 6. The highest BCUT2D eigenvalue weighted by Crippen LogP contribution is 2.38. The molecule has 2 aromatic carbocycles. The molecule has 0 radical (unpaired) electrons. The highest BCUT2D eigenvalue weighted by Gasteiger charge is 2.36. The fraction of sp³-hybridized carbons (Fsp3) is 0.176. The molecule has 0 unspecified atom stereocenters. The number of benzene rings is 2. The average Bonchev–Trinajstić information content (AvgIpc) is 2.62. The van der Waals surface area contributed by atoms with Crippen molar-refractivity contribution < 1.29 is 9.47 Å². The van der Waals surface area contributed by atoms with Gasteiger partial charge < -0.3 is 9.47 Å². The molecule has 0 saturated heterocycles. The van der Waals surface area contributed by atoms with Crippen LogP contribution in [-0.4, -0.2) is 28.9 Å². The molecule has 0 spiro atoms. The van der Waals surface area contributed by atoms with Crippen molar-refractivity contribution in [2.45, 2.75) is 4.33 Å². The van der Waals surface area contributed by atoms with Crippen LogP contribution >= 0.6 is 69.6 Å². The van der Waals surface area contributed by atoms with Crippen molar-refractivity contribution in [3.63, 3.8) is 0 Å². The summed E-state index contributed by atoms with van der Waals surface area (Å²) in [4.78, 5) is 8.34. The number of ether oxygens (including phenoxy) is 2. The number of methoxy groups -OCH3 is 2. The summed E-state index contributed by atoms with van der Waals surface area (Å²) in [6, 6.07) is 9.61. The highest BCUT2D eigenvalue weighted by molar-refractivity contribution is 6.93.